The van der Waals surface area contributed by atoms with E-state index in [0.29, 0.717) is 12.1 Å². The molecule has 0 atom stereocenters. The maximum absolute atomic E-state index is 11.1. The van der Waals surface area contributed by atoms with Gasteiger partial charge in [-0.05, 0) is 31.7 Å². The summed E-state index contributed by atoms with van der Waals surface area (Å²) in [5.74, 6) is -0.515. The molecule has 0 aliphatic heterocycles. The summed E-state index contributed by atoms with van der Waals surface area (Å²) >= 11 is 0. The summed E-state index contributed by atoms with van der Waals surface area (Å²) in [5.41, 5.74) is 12.4. The zero-order chi connectivity index (χ0) is 13.4. The van der Waals surface area contributed by atoms with Crippen molar-refractivity contribution in [3.8, 4) is 0 Å². The van der Waals surface area contributed by atoms with E-state index in [4.69, 9.17) is 11.5 Å². The normalized spacial score (nSPS) is 23.6. The molecule has 0 spiro atoms. The molecule has 3 rings (SSSR count). The molecule has 0 unspecified atom stereocenters. The van der Waals surface area contributed by atoms with Crippen molar-refractivity contribution >= 4 is 16.8 Å². The zero-order valence-electron chi connectivity index (χ0n) is 10.6. The second-order valence-corrected chi connectivity index (χ2v) is 5.15. The Hall–Kier alpha value is -1.95. The van der Waals surface area contributed by atoms with Crippen LogP contribution in [0.3, 0.4) is 0 Å². The van der Waals surface area contributed by atoms with Crippen molar-refractivity contribution < 1.29 is 4.79 Å². The van der Waals surface area contributed by atoms with Crippen LogP contribution in [0.5, 0.6) is 0 Å². The van der Waals surface area contributed by atoms with Crippen molar-refractivity contribution in [2.24, 2.45) is 11.5 Å². The molecule has 0 radical (unpaired) electrons. The highest BCUT2D eigenvalue weighted by molar-refractivity contribution is 5.94. The van der Waals surface area contributed by atoms with Crippen LogP contribution in [-0.2, 0) is 0 Å². The Morgan fingerprint density at radius 2 is 2.00 bits per heavy atom. The second kappa shape index (κ2) is 4.62. The van der Waals surface area contributed by atoms with Gasteiger partial charge in [-0.1, -0.05) is 0 Å². The fraction of sp³-hybridized carbons (Fsp3) is 0.462. The first-order valence-electron chi connectivity index (χ1n) is 6.54. The Balaban J connectivity index is 1.95. The number of amides is 1. The van der Waals surface area contributed by atoms with Crippen LogP contribution in [0.1, 0.15) is 42.2 Å². The summed E-state index contributed by atoms with van der Waals surface area (Å²) < 4.78 is 2.00. The van der Waals surface area contributed by atoms with Crippen LogP contribution in [0.4, 0.5) is 0 Å². The highest BCUT2D eigenvalue weighted by atomic mass is 16.1. The predicted octanol–water partition coefficient (Wildman–Crippen LogP) is 0.973. The number of pyridine rings is 1. The van der Waals surface area contributed by atoms with Crippen molar-refractivity contribution in [1.82, 2.24) is 14.8 Å². The number of hydrogen-bond acceptors (Lipinski definition) is 4. The number of aromatic nitrogens is 3. The van der Waals surface area contributed by atoms with Crippen LogP contribution in [0, 0.1) is 0 Å². The zero-order valence-corrected chi connectivity index (χ0v) is 10.6. The molecule has 19 heavy (non-hydrogen) atoms. The third-order valence-electron chi connectivity index (χ3n) is 3.82. The first kappa shape index (κ1) is 12.1. The lowest BCUT2D eigenvalue weighted by Gasteiger charge is -2.26. The van der Waals surface area contributed by atoms with Gasteiger partial charge >= 0.3 is 0 Å². The first-order valence-corrected chi connectivity index (χ1v) is 6.54. The lowest BCUT2D eigenvalue weighted by molar-refractivity contribution is 0.0996. The second-order valence-electron chi connectivity index (χ2n) is 5.15. The van der Waals surface area contributed by atoms with Gasteiger partial charge in [-0.2, -0.15) is 5.10 Å². The van der Waals surface area contributed by atoms with Crippen LogP contribution in [0.25, 0.3) is 10.9 Å². The molecule has 100 valence electrons. The van der Waals surface area contributed by atoms with E-state index in [2.05, 4.69) is 10.1 Å². The van der Waals surface area contributed by atoms with E-state index >= 15 is 0 Å². The molecule has 2 aromatic heterocycles. The van der Waals surface area contributed by atoms with E-state index in [9.17, 15) is 4.79 Å². The van der Waals surface area contributed by atoms with E-state index in [-0.39, 0.29) is 5.69 Å². The molecule has 2 aromatic rings. The van der Waals surface area contributed by atoms with Gasteiger partial charge < -0.3 is 11.5 Å². The lowest BCUT2D eigenvalue weighted by Crippen LogP contribution is -2.28. The van der Waals surface area contributed by atoms with E-state index in [1.807, 2.05) is 4.68 Å². The number of rotatable bonds is 2. The summed E-state index contributed by atoms with van der Waals surface area (Å²) in [4.78, 5) is 15.2. The van der Waals surface area contributed by atoms with Crippen LogP contribution in [0.15, 0.2) is 18.5 Å². The van der Waals surface area contributed by atoms with E-state index in [1.54, 1.807) is 18.5 Å². The molecular formula is C13H17N5O. The van der Waals surface area contributed by atoms with Gasteiger partial charge in [0.05, 0.1) is 24.0 Å². The summed E-state index contributed by atoms with van der Waals surface area (Å²) in [5, 5.41) is 5.33. The molecule has 1 saturated carbocycles. The van der Waals surface area contributed by atoms with Crippen LogP contribution in [-0.4, -0.2) is 26.7 Å². The van der Waals surface area contributed by atoms with Crippen LogP contribution in [0.2, 0.25) is 0 Å². The summed E-state index contributed by atoms with van der Waals surface area (Å²) in [6.45, 7) is 0. The SMILES string of the molecule is NC(=O)c1cc2cnn(C3CCC(N)CC3)c2cn1. The maximum atomic E-state index is 11.1. The number of carbonyl (C=O) groups is 1. The molecular weight excluding hydrogens is 242 g/mol. The minimum Gasteiger partial charge on any atom is -0.364 e. The van der Waals surface area contributed by atoms with Crippen molar-refractivity contribution in [1.29, 1.82) is 0 Å². The Labute approximate surface area is 110 Å². The molecule has 0 saturated heterocycles. The Kier molecular flexibility index (Phi) is 2.94. The molecule has 0 aromatic carbocycles. The third kappa shape index (κ3) is 2.19. The molecule has 4 N–H and O–H groups in total. The number of carbonyl (C=O) groups excluding carboxylic acids is 1. The first-order chi connectivity index (χ1) is 9.15. The Bertz CT molecular complexity index is 613. The number of primary amides is 1. The predicted molar refractivity (Wildman–Crippen MR) is 71.5 cm³/mol. The molecule has 0 bridgehead atoms. The standard InChI is InChI=1S/C13H17N5O/c14-9-1-3-10(4-2-9)18-12-7-16-11(13(15)19)5-8(12)6-17-18/h5-7,9-10H,1-4,14H2,(H2,15,19). The molecule has 1 fully saturated rings. The van der Waals surface area contributed by atoms with Gasteiger partial charge in [-0.25, -0.2) is 4.98 Å². The highest BCUT2D eigenvalue weighted by Crippen LogP contribution is 2.29. The van der Waals surface area contributed by atoms with Crippen molar-refractivity contribution in [3.05, 3.63) is 24.2 Å². The van der Waals surface area contributed by atoms with Crippen LogP contribution >= 0.6 is 0 Å². The maximum Gasteiger partial charge on any atom is 0.267 e. The highest BCUT2D eigenvalue weighted by Gasteiger charge is 2.22. The van der Waals surface area contributed by atoms with Crippen molar-refractivity contribution in [3.63, 3.8) is 0 Å². The van der Waals surface area contributed by atoms with Gasteiger partial charge in [0, 0.05) is 11.4 Å². The van der Waals surface area contributed by atoms with Gasteiger partial charge in [-0.3, -0.25) is 9.48 Å². The van der Waals surface area contributed by atoms with Gasteiger partial charge in [-0.15, -0.1) is 0 Å². The summed E-state index contributed by atoms with van der Waals surface area (Å²) in [6.07, 6.45) is 7.57. The fourth-order valence-corrected chi connectivity index (χ4v) is 2.72. The van der Waals surface area contributed by atoms with Gasteiger partial charge in [0.1, 0.15) is 5.69 Å². The number of fused-ring (bicyclic) bond motifs is 1. The number of nitrogens with two attached hydrogens (primary N) is 2. The topological polar surface area (TPSA) is 99.8 Å². The fourth-order valence-electron chi connectivity index (χ4n) is 2.72. The monoisotopic (exact) mass is 259 g/mol. The van der Waals surface area contributed by atoms with Gasteiger partial charge in [0.15, 0.2) is 0 Å². The van der Waals surface area contributed by atoms with E-state index < -0.39 is 5.91 Å². The largest absolute Gasteiger partial charge is 0.364 e. The smallest absolute Gasteiger partial charge is 0.267 e. The molecule has 1 aliphatic rings. The average molecular weight is 259 g/mol. The number of hydrogen-bond donors (Lipinski definition) is 2. The molecule has 1 aliphatic carbocycles. The average Bonchev–Trinajstić information content (AvgIpc) is 2.82. The van der Waals surface area contributed by atoms with E-state index in [1.165, 1.54) is 0 Å². The lowest BCUT2D eigenvalue weighted by atomic mass is 9.92. The number of nitrogens with zero attached hydrogens (tertiary/aromatic N) is 3. The minimum absolute atomic E-state index is 0.276. The quantitative estimate of drug-likeness (QED) is 0.839. The van der Waals surface area contributed by atoms with Gasteiger partial charge in [0.2, 0.25) is 0 Å². The molecule has 2 heterocycles. The molecule has 6 heteroatoms. The Morgan fingerprint density at radius 1 is 1.26 bits per heavy atom. The van der Waals surface area contributed by atoms with E-state index in [0.717, 1.165) is 36.6 Å². The Morgan fingerprint density at radius 3 is 2.68 bits per heavy atom. The summed E-state index contributed by atoms with van der Waals surface area (Å²) in [7, 11) is 0. The third-order valence-corrected chi connectivity index (χ3v) is 3.82. The minimum atomic E-state index is -0.515. The van der Waals surface area contributed by atoms with Crippen molar-refractivity contribution in [2.75, 3.05) is 0 Å². The van der Waals surface area contributed by atoms with Crippen molar-refractivity contribution in [2.45, 2.75) is 37.8 Å². The molecule has 6 nitrogen and oxygen atoms in total. The summed E-state index contributed by atoms with van der Waals surface area (Å²) in [6, 6.07) is 2.38. The molecule has 1 amide bonds. The van der Waals surface area contributed by atoms with Gasteiger partial charge in [0.25, 0.3) is 5.91 Å². The van der Waals surface area contributed by atoms with Crippen LogP contribution < -0.4 is 11.5 Å².